The van der Waals surface area contributed by atoms with Crippen LogP contribution in [0.5, 0.6) is 5.75 Å². The van der Waals surface area contributed by atoms with E-state index in [4.69, 9.17) is 4.99 Å². The van der Waals surface area contributed by atoms with E-state index in [1.54, 1.807) is 18.5 Å². The Kier molecular flexibility index (Phi) is 8.09. The van der Waals surface area contributed by atoms with Gasteiger partial charge in [-0.2, -0.15) is 5.11 Å². The topological polar surface area (TPSA) is 98.2 Å². The van der Waals surface area contributed by atoms with E-state index in [-0.39, 0.29) is 5.75 Å². The van der Waals surface area contributed by atoms with Crippen molar-refractivity contribution in [3.8, 4) is 5.75 Å². The molecule has 39 heavy (non-hydrogen) atoms. The number of benzene rings is 4. The molecule has 8 nitrogen and oxygen atoms in total. The quantitative estimate of drug-likeness (QED) is 0.151. The van der Waals surface area contributed by atoms with E-state index in [1.165, 1.54) is 11.3 Å². The van der Waals surface area contributed by atoms with Crippen molar-refractivity contribution in [2.24, 2.45) is 25.4 Å². The van der Waals surface area contributed by atoms with Crippen LogP contribution in [-0.2, 0) is 0 Å². The number of phenolic OH excluding ortho intramolecular Hbond substituents is 1. The van der Waals surface area contributed by atoms with Gasteiger partial charge in [-0.1, -0.05) is 24.3 Å². The van der Waals surface area contributed by atoms with Gasteiger partial charge in [-0.15, -0.1) is 26.7 Å². The van der Waals surface area contributed by atoms with E-state index < -0.39 is 0 Å². The van der Waals surface area contributed by atoms with Crippen LogP contribution in [0.2, 0.25) is 0 Å². The molecule has 0 aliphatic carbocycles. The average molecular weight is 534 g/mol. The van der Waals surface area contributed by atoms with Crippen molar-refractivity contribution < 1.29 is 5.11 Å². The molecule has 194 valence electrons. The molecule has 5 rings (SSSR count). The van der Waals surface area contributed by atoms with Gasteiger partial charge in [-0.25, -0.2) is 4.98 Å². The molecule has 0 bridgehead atoms. The van der Waals surface area contributed by atoms with Gasteiger partial charge in [0.15, 0.2) is 0 Å². The van der Waals surface area contributed by atoms with Crippen molar-refractivity contribution in [2.45, 2.75) is 13.8 Å². The summed E-state index contributed by atoms with van der Waals surface area (Å²) < 4.78 is 0. The molecular weight excluding hydrogens is 506 g/mol. The summed E-state index contributed by atoms with van der Waals surface area (Å²) in [7, 11) is 0. The Bertz CT molecular complexity index is 1640. The predicted molar refractivity (Wildman–Crippen MR) is 160 cm³/mol. The van der Waals surface area contributed by atoms with Crippen LogP contribution in [0.25, 0.3) is 10.8 Å². The first kappa shape index (κ1) is 25.9. The first-order chi connectivity index (χ1) is 19.1. The Morgan fingerprint density at radius 2 is 1.46 bits per heavy atom. The summed E-state index contributed by atoms with van der Waals surface area (Å²) in [5.74, 6) is 0.202. The minimum atomic E-state index is 0.202. The maximum absolute atomic E-state index is 10.6. The molecule has 0 fully saturated rings. The molecule has 4 aromatic carbocycles. The molecule has 0 atom stereocenters. The Balaban J connectivity index is 1.35. The molecule has 9 heteroatoms. The zero-order chi connectivity index (χ0) is 27.0. The highest BCUT2D eigenvalue weighted by molar-refractivity contribution is 7.13. The second kappa shape index (κ2) is 12.2. The van der Waals surface area contributed by atoms with Gasteiger partial charge >= 0.3 is 0 Å². The zero-order valence-corrected chi connectivity index (χ0v) is 22.5. The van der Waals surface area contributed by atoms with Crippen LogP contribution in [-0.4, -0.2) is 29.4 Å². The summed E-state index contributed by atoms with van der Waals surface area (Å²) in [5.41, 5.74) is 4.59. The third kappa shape index (κ3) is 6.22. The minimum Gasteiger partial charge on any atom is -0.507 e. The third-order valence-electron chi connectivity index (χ3n) is 6.16. The van der Waals surface area contributed by atoms with Crippen LogP contribution < -0.4 is 4.90 Å². The molecule has 0 spiro atoms. The number of phenols is 1. The second-order valence-corrected chi connectivity index (χ2v) is 9.43. The van der Waals surface area contributed by atoms with Gasteiger partial charge in [0.05, 0.1) is 22.7 Å². The van der Waals surface area contributed by atoms with E-state index in [9.17, 15) is 5.11 Å². The lowest BCUT2D eigenvalue weighted by molar-refractivity contribution is 0.474. The van der Waals surface area contributed by atoms with Crippen LogP contribution in [0.15, 0.2) is 116 Å². The lowest BCUT2D eigenvalue weighted by Crippen LogP contribution is -2.21. The van der Waals surface area contributed by atoms with Crippen molar-refractivity contribution in [1.29, 1.82) is 0 Å². The van der Waals surface area contributed by atoms with Gasteiger partial charge < -0.3 is 10.0 Å². The first-order valence-electron chi connectivity index (χ1n) is 12.6. The number of aromatic hydroxyl groups is 1. The Labute approximate surface area is 230 Å². The van der Waals surface area contributed by atoms with Crippen LogP contribution in [0.4, 0.5) is 33.6 Å². The molecule has 1 aromatic heterocycles. The Hall–Kier alpha value is -4.76. The predicted octanol–water partition coefficient (Wildman–Crippen LogP) is 9.43. The smallest absolute Gasteiger partial charge is 0.229 e. The molecule has 0 saturated carbocycles. The number of aliphatic imine (C=N–C) groups is 1. The maximum atomic E-state index is 10.6. The van der Waals surface area contributed by atoms with E-state index in [1.807, 2.05) is 78.2 Å². The summed E-state index contributed by atoms with van der Waals surface area (Å²) in [6, 6.07) is 24.8. The summed E-state index contributed by atoms with van der Waals surface area (Å²) in [4.78, 5) is 11.0. The third-order valence-corrected chi connectivity index (χ3v) is 6.81. The molecule has 5 aromatic rings. The zero-order valence-electron chi connectivity index (χ0n) is 21.6. The molecule has 0 radical (unpaired) electrons. The van der Waals surface area contributed by atoms with Crippen LogP contribution in [0, 0.1) is 0 Å². The summed E-state index contributed by atoms with van der Waals surface area (Å²) in [6.45, 7) is 5.95. The number of aromatic nitrogens is 1. The summed E-state index contributed by atoms with van der Waals surface area (Å²) in [6.07, 6.45) is 3.39. The number of fused-ring (bicyclic) bond motifs is 1. The number of nitrogens with zero attached hydrogens (tertiary/aromatic N) is 7. The minimum absolute atomic E-state index is 0.202. The monoisotopic (exact) mass is 533 g/mol. The molecule has 0 aliphatic heterocycles. The van der Waals surface area contributed by atoms with Gasteiger partial charge in [0.25, 0.3) is 0 Å². The first-order valence-corrected chi connectivity index (χ1v) is 13.5. The number of hydrogen-bond donors (Lipinski definition) is 1. The average Bonchev–Trinajstić information content (AvgIpc) is 3.50. The largest absolute Gasteiger partial charge is 0.507 e. The number of anilines is 1. The number of azo groups is 2. The fraction of sp³-hybridized carbons (Fsp3) is 0.133. The van der Waals surface area contributed by atoms with E-state index >= 15 is 0 Å². The highest BCUT2D eigenvalue weighted by Gasteiger charge is 2.08. The van der Waals surface area contributed by atoms with Crippen molar-refractivity contribution >= 4 is 61.9 Å². The highest BCUT2D eigenvalue weighted by atomic mass is 32.1. The number of hydrogen-bond acceptors (Lipinski definition) is 9. The number of rotatable bonds is 9. The highest BCUT2D eigenvalue weighted by Crippen LogP contribution is 2.35. The molecule has 0 amide bonds. The summed E-state index contributed by atoms with van der Waals surface area (Å²) in [5, 5.41) is 32.2. The maximum Gasteiger partial charge on any atom is 0.229 e. The van der Waals surface area contributed by atoms with Crippen molar-refractivity contribution in [3.05, 3.63) is 96.0 Å². The van der Waals surface area contributed by atoms with Gasteiger partial charge in [-0.3, -0.25) is 4.99 Å². The van der Waals surface area contributed by atoms with Gasteiger partial charge in [0.1, 0.15) is 5.75 Å². The van der Waals surface area contributed by atoms with Crippen LogP contribution >= 0.6 is 11.3 Å². The van der Waals surface area contributed by atoms with Crippen molar-refractivity contribution in [2.75, 3.05) is 18.0 Å². The normalized spacial score (nSPS) is 11.8. The molecular formula is C30H27N7OS. The molecule has 1 heterocycles. The summed E-state index contributed by atoms with van der Waals surface area (Å²) >= 11 is 1.43. The van der Waals surface area contributed by atoms with Crippen LogP contribution in [0.3, 0.4) is 0 Å². The molecule has 0 aliphatic rings. The van der Waals surface area contributed by atoms with Gasteiger partial charge in [-0.05, 0) is 62.4 Å². The fourth-order valence-electron chi connectivity index (χ4n) is 4.10. The molecule has 0 unspecified atom stereocenters. The lowest BCUT2D eigenvalue weighted by atomic mass is 10.1. The Morgan fingerprint density at radius 3 is 2.10 bits per heavy atom. The van der Waals surface area contributed by atoms with E-state index in [0.29, 0.717) is 22.1 Å². The fourth-order valence-corrected chi connectivity index (χ4v) is 4.55. The van der Waals surface area contributed by atoms with E-state index in [0.717, 1.165) is 40.9 Å². The van der Waals surface area contributed by atoms with Crippen LogP contribution in [0.1, 0.15) is 19.4 Å². The molecule has 0 saturated heterocycles. The lowest BCUT2D eigenvalue weighted by Gasteiger charge is -2.21. The van der Waals surface area contributed by atoms with Gasteiger partial charge in [0, 0.05) is 59.0 Å². The standard InChI is InChI=1S/C30H27N7OS/c1-3-37(4-2)24-14-9-21(29(38)19-24)20-32-27-15-16-28(26-8-6-5-7-25(26)27)35-33-22-10-12-23(13-11-22)34-36-30-31-17-18-39-30/h5-20,38H,3-4H2,1-2H3. The van der Waals surface area contributed by atoms with Crippen molar-refractivity contribution in [3.63, 3.8) is 0 Å². The van der Waals surface area contributed by atoms with E-state index in [2.05, 4.69) is 44.2 Å². The molecule has 1 N–H and O–H groups in total. The SMILES string of the molecule is CCN(CC)c1ccc(C=Nc2ccc(N=Nc3ccc(N=Nc4nccs4)cc3)c3ccccc23)c(O)c1. The van der Waals surface area contributed by atoms with Gasteiger partial charge in [0.2, 0.25) is 5.13 Å². The number of thiazole rings is 1. The van der Waals surface area contributed by atoms with Crippen molar-refractivity contribution in [1.82, 2.24) is 4.98 Å². The Morgan fingerprint density at radius 1 is 0.795 bits per heavy atom. The second-order valence-electron chi connectivity index (χ2n) is 8.55.